The second kappa shape index (κ2) is 6.53. The molecule has 25 heavy (non-hydrogen) atoms. The number of carboxylic acids is 1. The lowest BCUT2D eigenvalue weighted by Crippen LogP contribution is -2.00. The number of fused-ring (bicyclic) bond motifs is 1. The third-order valence-electron chi connectivity index (χ3n) is 3.20. The molecule has 3 aromatic rings. The van der Waals surface area contributed by atoms with E-state index in [0.717, 1.165) is 0 Å². The fourth-order valence-corrected chi connectivity index (χ4v) is 2.40. The third kappa shape index (κ3) is 3.53. The van der Waals surface area contributed by atoms with E-state index in [1.807, 2.05) is 0 Å². The van der Waals surface area contributed by atoms with E-state index in [2.05, 4.69) is 19.6 Å². The van der Waals surface area contributed by atoms with Crippen LogP contribution in [0, 0.1) is 0 Å². The minimum absolute atomic E-state index is 0.0466. The molecule has 0 aliphatic heterocycles. The molecule has 0 aliphatic carbocycles. The van der Waals surface area contributed by atoms with Gasteiger partial charge in [-0.2, -0.15) is 8.42 Å². The van der Waals surface area contributed by atoms with Gasteiger partial charge in [0, 0.05) is 11.8 Å². The Bertz CT molecular complexity index is 1120. The van der Waals surface area contributed by atoms with E-state index in [1.165, 1.54) is 18.2 Å². The smallest absolute Gasteiger partial charge is 0.339 e. The molecule has 2 aromatic carbocycles. The highest BCUT2D eigenvalue weighted by Gasteiger charge is 2.13. The number of aromatic carboxylic acids is 1. The summed E-state index contributed by atoms with van der Waals surface area (Å²) in [6.07, 6.45) is 0. The van der Waals surface area contributed by atoms with Gasteiger partial charge in [0.2, 0.25) is 5.82 Å². The van der Waals surface area contributed by atoms with Crippen LogP contribution < -0.4 is 5.32 Å². The molecule has 0 aliphatic rings. The first kappa shape index (κ1) is 16.3. The molecule has 1 aromatic heterocycles. The largest absolute Gasteiger partial charge is 0.507 e. The summed E-state index contributed by atoms with van der Waals surface area (Å²) in [6.45, 7) is 0. The molecule has 0 radical (unpaired) electrons. The first-order valence-electron chi connectivity index (χ1n) is 6.85. The van der Waals surface area contributed by atoms with Gasteiger partial charge in [0.25, 0.3) is 0 Å². The Morgan fingerprint density at radius 3 is 2.36 bits per heavy atom. The Balaban J connectivity index is 2.09. The number of nitrogens with zero attached hydrogens (tertiary/aromatic N) is 3. The van der Waals surface area contributed by atoms with E-state index >= 15 is 0 Å². The number of rotatable bonds is 4. The molecule has 0 fully saturated rings. The average molecular weight is 358 g/mol. The van der Waals surface area contributed by atoms with Crippen LogP contribution in [0.5, 0.6) is 5.75 Å². The van der Waals surface area contributed by atoms with Gasteiger partial charge in [0.15, 0.2) is 5.82 Å². The lowest BCUT2D eigenvalue weighted by molar-refractivity contribution is 0.0694. The number of anilines is 2. The van der Waals surface area contributed by atoms with Gasteiger partial charge in [-0.15, -0.1) is 4.36 Å². The van der Waals surface area contributed by atoms with Crippen molar-refractivity contribution in [2.75, 3.05) is 5.32 Å². The number of hydrogen-bond acceptors (Lipinski definition) is 8. The van der Waals surface area contributed by atoms with Gasteiger partial charge in [-0.1, -0.05) is 12.1 Å². The van der Waals surface area contributed by atoms with Gasteiger partial charge >= 0.3 is 16.5 Å². The second-order valence-corrected chi connectivity index (χ2v) is 5.47. The van der Waals surface area contributed by atoms with Gasteiger partial charge in [-0.05, 0) is 24.3 Å². The SMILES string of the molecule is O=C(O)c1ccc(Nc2nc3ccccc3nc2N=S(=O)=O)cc1O. The van der Waals surface area contributed by atoms with Crippen LogP contribution in [0.15, 0.2) is 46.8 Å². The van der Waals surface area contributed by atoms with Gasteiger partial charge in [-0.25, -0.2) is 14.8 Å². The maximum absolute atomic E-state index is 10.9. The van der Waals surface area contributed by atoms with E-state index in [0.29, 0.717) is 16.7 Å². The van der Waals surface area contributed by atoms with Crippen LogP contribution in [0.25, 0.3) is 11.0 Å². The number of aromatic hydroxyl groups is 1. The summed E-state index contributed by atoms with van der Waals surface area (Å²) in [5.41, 5.74) is 0.995. The van der Waals surface area contributed by atoms with Crippen LogP contribution in [0.3, 0.4) is 0 Å². The first-order chi connectivity index (χ1) is 11.9. The summed E-state index contributed by atoms with van der Waals surface area (Å²) >= 11 is 0. The van der Waals surface area contributed by atoms with Gasteiger partial charge in [0.1, 0.15) is 11.3 Å². The Kier molecular flexibility index (Phi) is 4.27. The van der Waals surface area contributed by atoms with E-state index in [9.17, 15) is 18.3 Å². The molecule has 0 spiro atoms. The van der Waals surface area contributed by atoms with Crippen molar-refractivity contribution in [2.45, 2.75) is 0 Å². The zero-order chi connectivity index (χ0) is 18.0. The molecular weight excluding hydrogens is 348 g/mol. The van der Waals surface area contributed by atoms with Gasteiger partial charge in [-0.3, -0.25) is 0 Å². The standard InChI is InChI=1S/C15H10N4O5S/c20-12-7-8(5-6-9(12)15(21)22)16-13-14(19-25(23)24)18-11-4-2-1-3-10(11)17-13/h1-7,20H,(H,16,17)(H,21,22). The normalized spacial score (nSPS) is 10.4. The van der Waals surface area contributed by atoms with Gasteiger partial charge in [0.05, 0.1) is 11.0 Å². The monoisotopic (exact) mass is 358 g/mol. The van der Waals surface area contributed by atoms with Crippen LogP contribution in [0.4, 0.5) is 17.3 Å². The zero-order valence-corrected chi connectivity index (χ0v) is 13.2. The fraction of sp³-hybridized carbons (Fsp3) is 0. The summed E-state index contributed by atoms with van der Waals surface area (Å²) in [5, 5.41) is 21.5. The maximum atomic E-state index is 10.9. The number of nitrogens with one attached hydrogen (secondary N) is 1. The highest BCUT2D eigenvalue weighted by atomic mass is 32.2. The molecule has 0 amide bonds. The summed E-state index contributed by atoms with van der Waals surface area (Å²) in [4.78, 5) is 19.3. The predicted octanol–water partition coefficient (Wildman–Crippen LogP) is 2.47. The second-order valence-electron chi connectivity index (χ2n) is 4.86. The maximum Gasteiger partial charge on any atom is 0.339 e. The molecule has 0 atom stereocenters. The van der Waals surface area contributed by atoms with Crippen LogP contribution in [-0.2, 0) is 10.5 Å². The van der Waals surface area contributed by atoms with Crippen molar-refractivity contribution in [1.82, 2.24) is 9.97 Å². The third-order valence-corrected chi connectivity index (χ3v) is 3.53. The first-order valence-corrected chi connectivity index (χ1v) is 7.88. The topological polar surface area (TPSA) is 142 Å². The van der Waals surface area contributed by atoms with Crippen molar-refractivity contribution in [3.63, 3.8) is 0 Å². The number of aromatic nitrogens is 2. The van der Waals surface area contributed by atoms with Crippen molar-refractivity contribution in [3.8, 4) is 5.75 Å². The average Bonchev–Trinajstić information content (AvgIpc) is 2.54. The quantitative estimate of drug-likeness (QED) is 0.645. The lowest BCUT2D eigenvalue weighted by Gasteiger charge is -2.09. The zero-order valence-electron chi connectivity index (χ0n) is 12.4. The highest BCUT2D eigenvalue weighted by molar-refractivity contribution is 7.61. The molecule has 1 heterocycles. The highest BCUT2D eigenvalue weighted by Crippen LogP contribution is 2.29. The molecule has 0 saturated carbocycles. The van der Waals surface area contributed by atoms with E-state index in [-0.39, 0.29) is 17.2 Å². The van der Waals surface area contributed by atoms with E-state index in [1.54, 1.807) is 24.3 Å². The Morgan fingerprint density at radius 1 is 1.08 bits per heavy atom. The van der Waals surface area contributed by atoms with Crippen molar-refractivity contribution in [2.24, 2.45) is 4.36 Å². The number of carboxylic acid groups (broad SMARTS) is 1. The number of benzene rings is 2. The van der Waals surface area contributed by atoms with Gasteiger partial charge < -0.3 is 15.5 Å². The minimum atomic E-state index is -2.74. The van der Waals surface area contributed by atoms with E-state index in [4.69, 9.17) is 5.11 Å². The van der Waals surface area contributed by atoms with Crippen LogP contribution in [-0.4, -0.2) is 34.6 Å². The number of phenols is 1. The summed E-state index contributed by atoms with van der Waals surface area (Å²) < 4.78 is 25.2. The Hall–Kier alpha value is -3.53. The Morgan fingerprint density at radius 2 is 1.76 bits per heavy atom. The molecule has 3 N–H and O–H groups in total. The molecule has 0 bridgehead atoms. The van der Waals surface area contributed by atoms with E-state index < -0.39 is 22.2 Å². The molecular formula is C15H10N4O5S. The van der Waals surface area contributed by atoms with Crippen LogP contribution in [0.1, 0.15) is 10.4 Å². The number of carbonyl (C=O) groups is 1. The molecule has 3 rings (SSSR count). The van der Waals surface area contributed by atoms with Crippen molar-refractivity contribution >= 4 is 44.8 Å². The molecule has 0 unspecified atom stereocenters. The van der Waals surface area contributed by atoms with Crippen LogP contribution in [0.2, 0.25) is 0 Å². The summed E-state index contributed by atoms with van der Waals surface area (Å²) in [7, 11) is -2.74. The summed E-state index contributed by atoms with van der Waals surface area (Å²) in [6, 6.07) is 10.6. The number of hydrogen-bond donors (Lipinski definition) is 3. The van der Waals surface area contributed by atoms with Crippen LogP contribution >= 0.6 is 0 Å². The lowest BCUT2D eigenvalue weighted by atomic mass is 10.2. The van der Waals surface area contributed by atoms with Crippen molar-refractivity contribution in [3.05, 3.63) is 48.0 Å². The molecule has 0 saturated heterocycles. The fourth-order valence-electron chi connectivity index (χ4n) is 2.14. The van der Waals surface area contributed by atoms with Crippen molar-refractivity contribution < 1.29 is 23.4 Å². The summed E-state index contributed by atoms with van der Waals surface area (Å²) in [5.74, 6) is -1.83. The molecule has 9 nitrogen and oxygen atoms in total. The molecule has 126 valence electrons. The molecule has 10 heteroatoms. The Labute approximate surface area is 142 Å². The minimum Gasteiger partial charge on any atom is -0.507 e. The van der Waals surface area contributed by atoms with Crippen molar-refractivity contribution in [1.29, 1.82) is 0 Å². The predicted molar refractivity (Wildman–Crippen MR) is 88.9 cm³/mol. The number of para-hydroxylation sites is 2.